The molecule has 0 unspecified atom stereocenters. The normalized spacial score (nSPS) is 14.8. The van der Waals surface area contributed by atoms with Gasteiger partial charge in [0.2, 0.25) is 0 Å². The summed E-state index contributed by atoms with van der Waals surface area (Å²) in [6.07, 6.45) is -7.42. The van der Waals surface area contributed by atoms with Crippen LogP contribution >= 0.6 is 0 Å². The fourth-order valence-corrected chi connectivity index (χ4v) is 3.29. The summed E-state index contributed by atoms with van der Waals surface area (Å²) in [6, 6.07) is 3.07. The number of carbonyl (C=O) groups is 1. The predicted molar refractivity (Wildman–Crippen MR) is 98.9 cm³/mol. The Morgan fingerprint density at radius 2 is 1.81 bits per heavy atom. The predicted octanol–water partition coefficient (Wildman–Crippen LogP) is 3.97. The van der Waals surface area contributed by atoms with Crippen LogP contribution in [0.2, 0.25) is 0 Å². The van der Waals surface area contributed by atoms with Crippen molar-refractivity contribution in [3.05, 3.63) is 46.7 Å². The molecule has 0 spiro atoms. The van der Waals surface area contributed by atoms with E-state index in [1.54, 1.807) is 0 Å². The fraction of sp³-hybridized carbons (Fsp3) is 0.474. The van der Waals surface area contributed by atoms with Crippen LogP contribution in [-0.4, -0.2) is 36.8 Å². The zero-order valence-electron chi connectivity index (χ0n) is 16.8. The van der Waals surface area contributed by atoms with E-state index in [9.17, 15) is 31.1 Å². The van der Waals surface area contributed by atoms with Crippen molar-refractivity contribution >= 4 is 11.6 Å². The number of halogens is 6. The van der Waals surface area contributed by atoms with E-state index in [4.69, 9.17) is 0 Å². The number of fused-ring (bicyclic) bond motifs is 1. The standard InChI is InChI=1S/C19H18F6N6O/c1-10-7-14(18(20,21)22)29-30(10)6-2-5-26-17(32)13-9-16-27-12(11-3-4-11)8-15(19(23,24)25)31(16)28-13/h7-9,11H,2-6H2,1H3,(H,26,32). The summed E-state index contributed by atoms with van der Waals surface area (Å²) >= 11 is 0. The highest BCUT2D eigenvalue weighted by Crippen LogP contribution is 2.41. The van der Waals surface area contributed by atoms with Crippen LogP contribution < -0.4 is 5.32 Å². The number of nitrogens with one attached hydrogen (secondary N) is 1. The van der Waals surface area contributed by atoms with Gasteiger partial charge in [-0.05, 0) is 38.3 Å². The van der Waals surface area contributed by atoms with Gasteiger partial charge in [-0.3, -0.25) is 9.48 Å². The van der Waals surface area contributed by atoms with Crippen molar-refractivity contribution in [2.45, 2.75) is 51.0 Å². The van der Waals surface area contributed by atoms with E-state index in [1.165, 1.54) is 17.7 Å². The molecule has 1 fully saturated rings. The molecule has 0 saturated heterocycles. The number of aryl methyl sites for hydroxylation is 2. The van der Waals surface area contributed by atoms with E-state index in [0.29, 0.717) is 15.9 Å². The second-order valence-corrected chi connectivity index (χ2v) is 7.64. The highest BCUT2D eigenvalue weighted by molar-refractivity contribution is 5.93. The summed E-state index contributed by atoms with van der Waals surface area (Å²) in [5, 5.41) is 9.76. The van der Waals surface area contributed by atoms with Crippen LogP contribution in [0.3, 0.4) is 0 Å². The van der Waals surface area contributed by atoms with Crippen molar-refractivity contribution in [1.82, 2.24) is 29.7 Å². The minimum absolute atomic E-state index is 0.0168. The van der Waals surface area contributed by atoms with Gasteiger partial charge >= 0.3 is 12.4 Å². The van der Waals surface area contributed by atoms with Crippen molar-refractivity contribution in [2.24, 2.45) is 0 Å². The maximum absolute atomic E-state index is 13.4. The molecule has 4 rings (SSSR count). The van der Waals surface area contributed by atoms with Gasteiger partial charge in [-0.25, -0.2) is 9.50 Å². The Morgan fingerprint density at radius 1 is 1.09 bits per heavy atom. The number of hydrogen-bond acceptors (Lipinski definition) is 4. The third kappa shape index (κ3) is 4.55. The van der Waals surface area contributed by atoms with E-state index in [1.807, 2.05) is 0 Å². The molecule has 3 aromatic rings. The van der Waals surface area contributed by atoms with Gasteiger partial charge in [0, 0.05) is 36.5 Å². The van der Waals surface area contributed by atoms with E-state index >= 15 is 0 Å². The number of nitrogens with zero attached hydrogens (tertiary/aromatic N) is 5. The average molecular weight is 460 g/mol. The van der Waals surface area contributed by atoms with E-state index < -0.39 is 29.6 Å². The number of amides is 1. The zero-order chi connectivity index (χ0) is 23.3. The van der Waals surface area contributed by atoms with Gasteiger partial charge in [-0.15, -0.1) is 0 Å². The van der Waals surface area contributed by atoms with Crippen molar-refractivity contribution in [3.63, 3.8) is 0 Å². The summed E-state index contributed by atoms with van der Waals surface area (Å²) in [5.41, 5.74) is -1.66. The largest absolute Gasteiger partial charge is 0.435 e. The molecule has 0 radical (unpaired) electrons. The fourth-order valence-electron chi connectivity index (χ4n) is 3.29. The molecule has 0 aromatic carbocycles. The molecule has 3 heterocycles. The van der Waals surface area contributed by atoms with E-state index in [2.05, 4.69) is 20.5 Å². The topological polar surface area (TPSA) is 77.1 Å². The van der Waals surface area contributed by atoms with Gasteiger partial charge < -0.3 is 5.32 Å². The zero-order valence-corrected chi connectivity index (χ0v) is 16.8. The lowest BCUT2D eigenvalue weighted by molar-refractivity contribution is -0.143. The Labute approximate surface area is 177 Å². The Kier molecular flexibility index (Phi) is 5.37. The SMILES string of the molecule is Cc1cc(C(F)(F)F)nn1CCCNC(=O)c1cc2nc(C3CC3)cc(C(F)(F)F)n2n1. The van der Waals surface area contributed by atoms with Crippen LogP contribution in [0.25, 0.3) is 5.65 Å². The molecule has 3 aromatic heterocycles. The molecule has 7 nitrogen and oxygen atoms in total. The number of carbonyl (C=O) groups excluding carboxylic acids is 1. The van der Waals surface area contributed by atoms with Crippen molar-refractivity contribution in [2.75, 3.05) is 6.54 Å². The molecule has 13 heteroatoms. The first-order valence-corrected chi connectivity index (χ1v) is 9.81. The molecule has 172 valence electrons. The highest BCUT2D eigenvalue weighted by atomic mass is 19.4. The second-order valence-electron chi connectivity index (χ2n) is 7.64. The van der Waals surface area contributed by atoms with Crippen LogP contribution in [0.1, 0.15) is 58.4 Å². The maximum Gasteiger partial charge on any atom is 0.435 e. The lowest BCUT2D eigenvalue weighted by Gasteiger charge is -2.10. The van der Waals surface area contributed by atoms with Gasteiger partial charge in [0.1, 0.15) is 5.69 Å². The third-order valence-corrected chi connectivity index (χ3v) is 5.07. The summed E-state index contributed by atoms with van der Waals surface area (Å²) in [5.74, 6) is -0.721. The van der Waals surface area contributed by atoms with Crippen LogP contribution in [0.4, 0.5) is 26.3 Å². The maximum atomic E-state index is 13.4. The van der Waals surface area contributed by atoms with Crippen molar-refractivity contribution in [3.8, 4) is 0 Å². The number of aromatic nitrogens is 5. The minimum atomic E-state index is -4.67. The van der Waals surface area contributed by atoms with Crippen molar-refractivity contribution in [1.29, 1.82) is 0 Å². The minimum Gasteiger partial charge on any atom is -0.351 e. The first-order chi connectivity index (χ1) is 14.9. The summed E-state index contributed by atoms with van der Waals surface area (Å²) in [7, 11) is 0. The lowest BCUT2D eigenvalue weighted by atomic mass is 10.2. The Balaban J connectivity index is 1.43. The third-order valence-electron chi connectivity index (χ3n) is 5.07. The monoisotopic (exact) mass is 460 g/mol. The van der Waals surface area contributed by atoms with Crippen molar-refractivity contribution < 1.29 is 31.1 Å². The van der Waals surface area contributed by atoms with Crippen LogP contribution in [-0.2, 0) is 18.9 Å². The second kappa shape index (κ2) is 7.78. The Hall–Kier alpha value is -3.12. The summed E-state index contributed by atoms with van der Waals surface area (Å²) < 4.78 is 80.2. The molecule has 32 heavy (non-hydrogen) atoms. The first-order valence-electron chi connectivity index (χ1n) is 9.81. The number of hydrogen-bond donors (Lipinski definition) is 1. The van der Waals surface area contributed by atoms with Crippen LogP contribution in [0.5, 0.6) is 0 Å². The summed E-state index contributed by atoms with van der Waals surface area (Å²) in [4.78, 5) is 16.6. The van der Waals surface area contributed by atoms with Gasteiger partial charge in [-0.2, -0.15) is 36.5 Å². The molecule has 0 bridgehead atoms. The quantitative estimate of drug-likeness (QED) is 0.446. The smallest absolute Gasteiger partial charge is 0.351 e. The van der Waals surface area contributed by atoms with Gasteiger partial charge in [0.25, 0.3) is 5.91 Å². The first kappa shape index (κ1) is 22.1. The van der Waals surface area contributed by atoms with Crippen LogP contribution in [0.15, 0.2) is 18.2 Å². The van der Waals surface area contributed by atoms with Crippen LogP contribution in [0, 0.1) is 6.92 Å². The lowest BCUT2D eigenvalue weighted by Crippen LogP contribution is -2.26. The molecule has 1 saturated carbocycles. The molecule has 0 atom stereocenters. The molecule has 1 aliphatic rings. The molecule has 1 amide bonds. The molecule has 1 aliphatic carbocycles. The Morgan fingerprint density at radius 3 is 2.41 bits per heavy atom. The number of rotatable bonds is 6. The molecule has 1 N–H and O–H groups in total. The van der Waals surface area contributed by atoms with E-state index in [0.717, 1.165) is 25.0 Å². The number of alkyl halides is 6. The molecular weight excluding hydrogens is 442 g/mol. The van der Waals surface area contributed by atoms with Gasteiger partial charge in [0.15, 0.2) is 17.0 Å². The highest BCUT2D eigenvalue weighted by Gasteiger charge is 2.37. The Bertz CT molecular complexity index is 1160. The van der Waals surface area contributed by atoms with E-state index in [-0.39, 0.29) is 36.8 Å². The molecule has 0 aliphatic heterocycles. The van der Waals surface area contributed by atoms with Gasteiger partial charge in [-0.1, -0.05) is 0 Å². The average Bonchev–Trinajstić information content (AvgIpc) is 3.34. The van der Waals surface area contributed by atoms with Gasteiger partial charge in [0.05, 0.1) is 0 Å². The molecular formula is C19H18F6N6O. The summed E-state index contributed by atoms with van der Waals surface area (Å²) in [6.45, 7) is 1.68.